The second kappa shape index (κ2) is 7.01. The number of carbonyl (C=O) groups excluding carboxylic acids is 4. The van der Waals surface area contributed by atoms with Gasteiger partial charge in [0.25, 0.3) is 11.8 Å². The number of imide groups is 2. The van der Waals surface area contributed by atoms with Crippen molar-refractivity contribution < 1.29 is 19.2 Å². The lowest BCUT2D eigenvalue weighted by molar-refractivity contribution is -0.136. The van der Waals surface area contributed by atoms with Gasteiger partial charge in [0.1, 0.15) is 6.04 Å². The molecule has 2 fully saturated rings. The molecule has 1 aliphatic carbocycles. The van der Waals surface area contributed by atoms with Gasteiger partial charge in [0, 0.05) is 31.2 Å². The Kier molecular flexibility index (Phi) is 4.66. The fourth-order valence-corrected chi connectivity index (χ4v) is 4.49. The standard InChI is InChI=1S/C20H24N4O4/c1-23(15-5-3-2-4-14(15)21)11-6-7-12-13(10-11)20(28)24(19(12)27)16-8-9-17(25)22-18(16)26/h6-7,10,14-16H,2-5,8-9,21H2,1H3,(H,22,25,26)/t14-,15-,16?/m0/s1. The predicted octanol–water partition coefficient (Wildman–Crippen LogP) is 0.794. The van der Waals surface area contributed by atoms with Crippen LogP contribution in [0.2, 0.25) is 0 Å². The number of hydrogen-bond donors (Lipinski definition) is 2. The van der Waals surface area contributed by atoms with E-state index in [1.807, 2.05) is 13.1 Å². The predicted molar refractivity (Wildman–Crippen MR) is 102 cm³/mol. The number of nitrogens with one attached hydrogen (secondary N) is 1. The molecule has 4 rings (SSSR count). The van der Waals surface area contributed by atoms with Crippen LogP contribution in [0.5, 0.6) is 0 Å². The van der Waals surface area contributed by atoms with Crippen molar-refractivity contribution >= 4 is 29.3 Å². The molecule has 3 atom stereocenters. The van der Waals surface area contributed by atoms with Crippen molar-refractivity contribution in [2.45, 2.75) is 56.7 Å². The molecule has 8 nitrogen and oxygen atoms in total. The number of nitrogens with two attached hydrogens (primary N) is 1. The molecular weight excluding hydrogens is 360 g/mol. The number of hydrogen-bond acceptors (Lipinski definition) is 6. The normalized spacial score (nSPS) is 27.6. The van der Waals surface area contributed by atoms with Crippen molar-refractivity contribution in [1.29, 1.82) is 0 Å². The van der Waals surface area contributed by atoms with Gasteiger partial charge in [-0.25, -0.2) is 0 Å². The summed E-state index contributed by atoms with van der Waals surface area (Å²) in [6.07, 6.45) is 4.47. The Hall–Kier alpha value is -2.74. The number of carbonyl (C=O) groups is 4. The first kappa shape index (κ1) is 18.6. The second-order valence-corrected chi connectivity index (χ2v) is 7.80. The molecule has 28 heavy (non-hydrogen) atoms. The Morgan fingerprint density at radius 2 is 1.75 bits per heavy atom. The summed E-state index contributed by atoms with van der Waals surface area (Å²) in [7, 11) is 1.96. The van der Waals surface area contributed by atoms with E-state index in [1.165, 1.54) is 0 Å². The maximum atomic E-state index is 12.9. The van der Waals surface area contributed by atoms with E-state index in [2.05, 4.69) is 10.2 Å². The number of nitrogens with zero attached hydrogens (tertiary/aromatic N) is 2. The van der Waals surface area contributed by atoms with Gasteiger partial charge in [-0.15, -0.1) is 0 Å². The van der Waals surface area contributed by atoms with Gasteiger partial charge in [-0.05, 0) is 37.5 Å². The average molecular weight is 384 g/mol. The summed E-state index contributed by atoms with van der Waals surface area (Å²) in [5.41, 5.74) is 7.70. The number of anilines is 1. The molecule has 0 radical (unpaired) electrons. The van der Waals surface area contributed by atoms with Gasteiger partial charge in [-0.1, -0.05) is 12.8 Å². The average Bonchev–Trinajstić information content (AvgIpc) is 2.92. The zero-order chi connectivity index (χ0) is 20.0. The molecular formula is C20H24N4O4. The van der Waals surface area contributed by atoms with Crippen LogP contribution in [0.15, 0.2) is 18.2 Å². The van der Waals surface area contributed by atoms with Crippen molar-refractivity contribution in [3.05, 3.63) is 29.3 Å². The molecule has 1 saturated carbocycles. The summed E-state index contributed by atoms with van der Waals surface area (Å²) in [4.78, 5) is 52.3. The molecule has 4 amide bonds. The van der Waals surface area contributed by atoms with Crippen molar-refractivity contribution in [2.75, 3.05) is 11.9 Å². The van der Waals surface area contributed by atoms with Crippen LogP contribution in [0.3, 0.4) is 0 Å². The fraction of sp³-hybridized carbons (Fsp3) is 0.500. The molecule has 2 aliphatic heterocycles. The van der Waals surface area contributed by atoms with E-state index in [0.29, 0.717) is 11.1 Å². The summed E-state index contributed by atoms with van der Waals surface area (Å²) in [5.74, 6) is -1.96. The van der Waals surface area contributed by atoms with Crippen LogP contribution in [0.25, 0.3) is 0 Å². The van der Waals surface area contributed by atoms with E-state index < -0.39 is 23.8 Å². The summed E-state index contributed by atoms with van der Waals surface area (Å²) in [6.45, 7) is 0. The summed E-state index contributed by atoms with van der Waals surface area (Å²) in [6, 6.07) is 4.48. The number of likely N-dealkylation sites (N-methyl/N-ethyl adjacent to an activating group) is 1. The fourth-order valence-electron chi connectivity index (χ4n) is 4.49. The minimum Gasteiger partial charge on any atom is -0.370 e. The Morgan fingerprint density at radius 1 is 1.04 bits per heavy atom. The van der Waals surface area contributed by atoms with E-state index in [1.54, 1.807) is 12.1 Å². The number of amides is 4. The largest absolute Gasteiger partial charge is 0.370 e. The minimum absolute atomic E-state index is 0.0734. The Bertz CT molecular complexity index is 868. The van der Waals surface area contributed by atoms with Gasteiger partial charge in [-0.2, -0.15) is 0 Å². The van der Waals surface area contributed by atoms with Crippen LogP contribution in [0, 0.1) is 0 Å². The third kappa shape index (κ3) is 2.97. The Balaban J connectivity index is 1.60. The molecule has 1 saturated heterocycles. The smallest absolute Gasteiger partial charge is 0.262 e. The highest BCUT2D eigenvalue weighted by molar-refractivity contribution is 6.23. The van der Waals surface area contributed by atoms with Gasteiger partial charge < -0.3 is 10.6 Å². The van der Waals surface area contributed by atoms with E-state index in [0.717, 1.165) is 36.3 Å². The minimum atomic E-state index is -0.946. The topological polar surface area (TPSA) is 113 Å². The highest BCUT2D eigenvalue weighted by Gasteiger charge is 2.44. The summed E-state index contributed by atoms with van der Waals surface area (Å²) in [5, 5.41) is 2.21. The highest BCUT2D eigenvalue weighted by Crippen LogP contribution is 2.32. The monoisotopic (exact) mass is 384 g/mol. The Morgan fingerprint density at radius 3 is 2.46 bits per heavy atom. The first-order valence-corrected chi connectivity index (χ1v) is 9.72. The molecule has 0 bridgehead atoms. The third-order valence-electron chi connectivity index (χ3n) is 6.11. The zero-order valence-electron chi connectivity index (χ0n) is 15.8. The molecule has 1 unspecified atom stereocenters. The zero-order valence-corrected chi connectivity index (χ0v) is 15.8. The molecule has 0 spiro atoms. The first-order valence-electron chi connectivity index (χ1n) is 9.72. The molecule has 0 aromatic heterocycles. The van der Waals surface area contributed by atoms with Crippen LogP contribution in [0.4, 0.5) is 5.69 Å². The molecule has 1 aromatic rings. The van der Waals surface area contributed by atoms with E-state index >= 15 is 0 Å². The quantitative estimate of drug-likeness (QED) is 0.745. The molecule has 148 valence electrons. The van der Waals surface area contributed by atoms with Crippen molar-refractivity contribution in [3.8, 4) is 0 Å². The van der Waals surface area contributed by atoms with E-state index in [9.17, 15) is 19.2 Å². The summed E-state index contributed by atoms with van der Waals surface area (Å²) >= 11 is 0. The molecule has 2 heterocycles. The van der Waals surface area contributed by atoms with Gasteiger partial charge in [0.15, 0.2) is 0 Å². The number of rotatable bonds is 3. The number of benzene rings is 1. The van der Waals surface area contributed by atoms with Crippen LogP contribution in [-0.2, 0) is 9.59 Å². The maximum absolute atomic E-state index is 12.9. The van der Waals surface area contributed by atoms with Crippen molar-refractivity contribution in [3.63, 3.8) is 0 Å². The first-order chi connectivity index (χ1) is 13.4. The van der Waals surface area contributed by atoms with Gasteiger partial charge in [-0.3, -0.25) is 29.4 Å². The van der Waals surface area contributed by atoms with Crippen LogP contribution >= 0.6 is 0 Å². The van der Waals surface area contributed by atoms with Crippen LogP contribution in [0.1, 0.15) is 59.2 Å². The van der Waals surface area contributed by atoms with E-state index in [4.69, 9.17) is 5.73 Å². The lowest BCUT2D eigenvalue weighted by atomic mass is 9.89. The van der Waals surface area contributed by atoms with E-state index in [-0.39, 0.29) is 30.8 Å². The lowest BCUT2D eigenvalue weighted by Gasteiger charge is -2.37. The van der Waals surface area contributed by atoms with Crippen molar-refractivity contribution in [2.24, 2.45) is 5.73 Å². The molecule has 8 heteroatoms. The highest BCUT2D eigenvalue weighted by atomic mass is 16.2. The lowest BCUT2D eigenvalue weighted by Crippen LogP contribution is -2.54. The molecule has 3 N–H and O–H groups in total. The third-order valence-corrected chi connectivity index (χ3v) is 6.11. The van der Waals surface area contributed by atoms with Crippen LogP contribution < -0.4 is 16.0 Å². The van der Waals surface area contributed by atoms with Gasteiger partial charge in [0.05, 0.1) is 11.1 Å². The molecule has 1 aromatic carbocycles. The number of piperidine rings is 1. The van der Waals surface area contributed by atoms with Gasteiger partial charge in [0.2, 0.25) is 11.8 Å². The van der Waals surface area contributed by atoms with Crippen LogP contribution in [-0.4, -0.2) is 53.7 Å². The second-order valence-electron chi connectivity index (χ2n) is 7.80. The van der Waals surface area contributed by atoms with Crippen molar-refractivity contribution in [1.82, 2.24) is 10.2 Å². The van der Waals surface area contributed by atoms with Gasteiger partial charge >= 0.3 is 0 Å². The number of fused-ring (bicyclic) bond motifs is 1. The summed E-state index contributed by atoms with van der Waals surface area (Å²) < 4.78 is 0. The SMILES string of the molecule is CN(c1ccc2c(c1)C(=O)N(C1CCC(=O)NC1=O)C2=O)[C@H]1CCCC[C@@H]1N. The Labute approximate surface area is 163 Å². The molecule has 3 aliphatic rings. The maximum Gasteiger partial charge on any atom is 0.262 e.